The minimum atomic E-state index is -0.385. The molecule has 1 saturated carbocycles. The topological polar surface area (TPSA) is 69.4 Å². The monoisotopic (exact) mass is 360 g/mol. The highest BCUT2D eigenvalue weighted by Gasteiger charge is 2.25. The van der Waals surface area contributed by atoms with E-state index in [0.717, 1.165) is 19.6 Å². The number of ether oxygens (including phenoxy) is 1. The molecule has 1 fully saturated rings. The van der Waals surface area contributed by atoms with E-state index < -0.39 is 0 Å². The molecule has 0 aromatic heterocycles. The van der Waals surface area contributed by atoms with Crippen molar-refractivity contribution in [1.82, 2.24) is 10.6 Å². The van der Waals surface area contributed by atoms with Gasteiger partial charge in [-0.25, -0.2) is 4.39 Å². The van der Waals surface area contributed by atoms with Crippen LogP contribution in [-0.4, -0.2) is 32.3 Å². The van der Waals surface area contributed by atoms with E-state index in [0.29, 0.717) is 35.7 Å². The fraction of sp³-hybridized carbons (Fsp3) is 0.600. The smallest absolute Gasteiger partial charge is 0.191 e. The summed E-state index contributed by atoms with van der Waals surface area (Å²) < 4.78 is 19.9. The van der Waals surface area contributed by atoms with Crippen LogP contribution in [0.25, 0.3) is 0 Å². The minimum Gasteiger partial charge on any atom is -0.378 e. The SMILES string of the molecule is CCOC(CCNC(=NC)NCc1ccc(C#N)cc1F)C1CCCC1. The summed E-state index contributed by atoms with van der Waals surface area (Å²) in [4.78, 5) is 4.19. The zero-order valence-corrected chi connectivity index (χ0v) is 15.7. The van der Waals surface area contributed by atoms with Gasteiger partial charge in [-0.15, -0.1) is 0 Å². The van der Waals surface area contributed by atoms with E-state index in [2.05, 4.69) is 15.6 Å². The van der Waals surface area contributed by atoms with Crippen LogP contribution in [0.5, 0.6) is 0 Å². The van der Waals surface area contributed by atoms with Crippen LogP contribution in [0.4, 0.5) is 4.39 Å². The van der Waals surface area contributed by atoms with Crippen LogP contribution in [0, 0.1) is 23.1 Å². The van der Waals surface area contributed by atoms with Crippen molar-refractivity contribution in [1.29, 1.82) is 5.26 Å². The van der Waals surface area contributed by atoms with Gasteiger partial charge in [0.05, 0.1) is 17.7 Å². The Morgan fingerprint density at radius 2 is 2.15 bits per heavy atom. The lowest BCUT2D eigenvalue weighted by Gasteiger charge is -2.24. The lowest BCUT2D eigenvalue weighted by molar-refractivity contribution is 0.0169. The second kappa shape index (κ2) is 10.8. The fourth-order valence-electron chi connectivity index (χ4n) is 3.49. The van der Waals surface area contributed by atoms with E-state index in [-0.39, 0.29) is 5.82 Å². The summed E-state index contributed by atoms with van der Waals surface area (Å²) in [6.07, 6.45) is 6.36. The molecule has 1 aliphatic rings. The summed E-state index contributed by atoms with van der Waals surface area (Å²) in [7, 11) is 1.70. The van der Waals surface area contributed by atoms with Crippen molar-refractivity contribution >= 4 is 5.96 Å². The second-order valence-electron chi connectivity index (χ2n) is 6.60. The minimum absolute atomic E-state index is 0.295. The lowest BCUT2D eigenvalue weighted by atomic mass is 9.98. The molecule has 0 spiro atoms. The number of nitrogens with one attached hydrogen (secondary N) is 2. The Hall–Kier alpha value is -2.13. The highest BCUT2D eigenvalue weighted by molar-refractivity contribution is 5.79. The van der Waals surface area contributed by atoms with Gasteiger partial charge in [-0.05, 0) is 44.2 Å². The third-order valence-electron chi connectivity index (χ3n) is 4.88. The van der Waals surface area contributed by atoms with E-state index in [1.807, 2.05) is 13.0 Å². The summed E-state index contributed by atoms with van der Waals surface area (Å²) in [6, 6.07) is 6.43. The van der Waals surface area contributed by atoms with Crippen molar-refractivity contribution in [2.24, 2.45) is 10.9 Å². The molecule has 1 aromatic carbocycles. The molecular formula is C20H29FN4O. The van der Waals surface area contributed by atoms with Crippen molar-refractivity contribution in [2.75, 3.05) is 20.2 Å². The molecular weight excluding hydrogens is 331 g/mol. The van der Waals surface area contributed by atoms with E-state index in [1.54, 1.807) is 19.2 Å². The van der Waals surface area contributed by atoms with Crippen molar-refractivity contribution < 1.29 is 9.13 Å². The van der Waals surface area contributed by atoms with Crippen LogP contribution in [-0.2, 0) is 11.3 Å². The first-order chi connectivity index (χ1) is 12.7. The van der Waals surface area contributed by atoms with E-state index >= 15 is 0 Å². The van der Waals surface area contributed by atoms with Gasteiger partial charge in [-0.3, -0.25) is 4.99 Å². The molecule has 5 nitrogen and oxygen atoms in total. The number of hydrogen-bond donors (Lipinski definition) is 2. The van der Waals surface area contributed by atoms with E-state index in [4.69, 9.17) is 10.00 Å². The molecule has 0 amide bonds. The molecule has 0 aliphatic heterocycles. The number of guanidine groups is 1. The zero-order chi connectivity index (χ0) is 18.8. The van der Waals surface area contributed by atoms with Crippen LogP contribution in [0.2, 0.25) is 0 Å². The number of rotatable bonds is 8. The highest BCUT2D eigenvalue weighted by Crippen LogP contribution is 2.30. The van der Waals surface area contributed by atoms with Crippen LogP contribution in [0.15, 0.2) is 23.2 Å². The van der Waals surface area contributed by atoms with Gasteiger partial charge in [-0.2, -0.15) is 5.26 Å². The molecule has 1 unspecified atom stereocenters. The Bertz CT molecular complexity index is 635. The first-order valence-electron chi connectivity index (χ1n) is 9.42. The molecule has 1 atom stereocenters. The van der Waals surface area contributed by atoms with E-state index in [9.17, 15) is 4.39 Å². The molecule has 0 heterocycles. The normalized spacial score (nSPS) is 16.3. The molecule has 1 aliphatic carbocycles. The first kappa shape index (κ1) is 20.2. The quantitative estimate of drug-likeness (QED) is 0.551. The van der Waals surface area contributed by atoms with Gasteiger partial charge in [0.25, 0.3) is 0 Å². The second-order valence-corrected chi connectivity index (χ2v) is 6.60. The molecule has 0 saturated heterocycles. The van der Waals surface area contributed by atoms with Crippen LogP contribution in [0.1, 0.15) is 50.2 Å². The van der Waals surface area contributed by atoms with Crippen molar-refractivity contribution in [3.63, 3.8) is 0 Å². The molecule has 2 N–H and O–H groups in total. The Kier molecular flexibility index (Phi) is 8.36. The van der Waals surface area contributed by atoms with Gasteiger partial charge in [-0.1, -0.05) is 18.9 Å². The van der Waals surface area contributed by atoms with Crippen LogP contribution < -0.4 is 10.6 Å². The Balaban J connectivity index is 1.79. The standard InChI is InChI=1S/C20H29FN4O/c1-3-26-19(16-6-4-5-7-16)10-11-24-20(23-2)25-14-17-9-8-15(13-22)12-18(17)21/h8-9,12,16,19H,3-7,10-11,14H2,1-2H3,(H2,23,24,25). The van der Waals surface area contributed by atoms with E-state index in [1.165, 1.54) is 31.7 Å². The third kappa shape index (κ3) is 5.99. The first-order valence-corrected chi connectivity index (χ1v) is 9.42. The molecule has 2 rings (SSSR count). The van der Waals surface area contributed by atoms with Crippen molar-refractivity contribution in [2.45, 2.75) is 51.7 Å². The number of benzene rings is 1. The fourth-order valence-corrected chi connectivity index (χ4v) is 3.49. The molecule has 1 aromatic rings. The Morgan fingerprint density at radius 1 is 1.38 bits per heavy atom. The van der Waals surface area contributed by atoms with Crippen molar-refractivity contribution in [3.8, 4) is 6.07 Å². The number of hydrogen-bond acceptors (Lipinski definition) is 3. The van der Waals surface area contributed by atoms with Crippen LogP contribution in [0.3, 0.4) is 0 Å². The summed E-state index contributed by atoms with van der Waals surface area (Å²) >= 11 is 0. The largest absolute Gasteiger partial charge is 0.378 e. The maximum Gasteiger partial charge on any atom is 0.191 e. The number of nitrogens with zero attached hydrogens (tertiary/aromatic N) is 2. The molecule has 0 bridgehead atoms. The van der Waals surface area contributed by atoms with Gasteiger partial charge in [0.15, 0.2) is 5.96 Å². The predicted octanol–water partition coefficient (Wildman–Crippen LogP) is 3.35. The third-order valence-corrected chi connectivity index (χ3v) is 4.88. The van der Waals surface area contributed by atoms with Gasteiger partial charge in [0, 0.05) is 32.3 Å². The van der Waals surface area contributed by atoms with Gasteiger partial charge in [0.2, 0.25) is 0 Å². The maximum atomic E-state index is 13.9. The lowest BCUT2D eigenvalue weighted by Crippen LogP contribution is -2.39. The van der Waals surface area contributed by atoms with Gasteiger partial charge < -0.3 is 15.4 Å². The molecule has 142 valence electrons. The average molecular weight is 360 g/mol. The summed E-state index contributed by atoms with van der Waals surface area (Å²) in [6.45, 7) is 3.86. The Labute approximate surface area is 155 Å². The number of aliphatic imine (C=N–C) groups is 1. The molecule has 6 heteroatoms. The van der Waals surface area contributed by atoms with Gasteiger partial charge in [0.1, 0.15) is 5.82 Å². The summed E-state index contributed by atoms with van der Waals surface area (Å²) in [5.41, 5.74) is 0.827. The Morgan fingerprint density at radius 3 is 2.77 bits per heavy atom. The molecule has 26 heavy (non-hydrogen) atoms. The average Bonchev–Trinajstić information content (AvgIpc) is 3.19. The highest BCUT2D eigenvalue weighted by atomic mass is 19.1. The maximum absolute atomic E-state index is 13.9. The predicted molar refractivity (Wildman–Crippen MR) is 101 cm³/mol. The zero-order valence-electron chi connectivity index (χ0n) is 15.7. The summed E-state index contributed by atoms with van der Waals surface area (Å²) in [5, 5.41) is 15.2. The summed E-state index contributed by atoms with van der Waals surface area (Å²) in [5.74, 6) is 0.916. The van der Waals surface area contributed by atoms with Crippen molar-refractivity contribution in [3.05, 3.63) is 35.1 Å². The molecule has 0 radical (unpaired) electrons. The number of nitriles is 1. The van der Waals surface area contributed by atoms with Gasteiger partial charge >= 0.3 is 0 Å². The van der Waals surface area contributed by atoms with Crippen LogP contribution >= 0.6 is 0 Å². The number of halogens is 1.